The summed E-state index contributed by atoms with van der Waals surface area (Å²) in [6.07, 6.45) is 2.35. The second-order valence-electron chi connectivity index (χ2n) is 6.47. The van der Waals surface area contributed by atoms with E-state index in [1.54, 1.807) is 48.5 Å². The predicted octanol–water partition coefficient (Wildman–Crippen LogP) is 3.26. The zero-order valence-electron chi connectivity index (χ0n) is 15.1. The summed E-state index contributed by atoms with van der Waals surface area (Å²) >= 11 is 5.28. The zero-order chi connectivity index (χ0) is 19.3. The summed E-state index contributed by atoms with van der Waals surface area (Å²) in [5.41, 5.74) is 2.27. The van der Waals surface area contributed by atoms with Crippen molar-refractivity contribution in [3.63, 3.8) is 0 Å². The Bertz CT molecular complexity index is 875. The number of hydrogen-bond acceptors (Lipinski definition) is 4. The highest BCUT2D eigenvalue weighted by molar-refractivity contribution is 7.92. The lowest BCUT2D eigenvalue weighted by atomic mass is 10.2. The van der Waals surface area contributed by atoms with Gasteiger partial charge in [-0.3, -0.25) is 4.72 Å². The quantitative estimate of drug-likeness (QED) is 0.640. The molecule has 6 nitrogen and oxygen atoms in total. The number of thiocarbonyl (C=S) groups is 1. The normalized spacial score (nSPS) is 16.7. The van der Waals surface area contributed by atoms with E-state index in [0.717, 1.165) is 30.7 Å². The first-order valence-electron chi connectivity index (χ1n) is 8.78. The van der Waals surface area contributed by atoms with Crippen molar-refractivity contribution in [2.24, 2.45) is 0 Å². The van der Waals surface area contributed by atoms with Crippen LogP contribution in [-0.2, 0) is 14.8 Å². The van der Waals surface area contributed by atoms with E-state index >= 15 is 0 Å². The number of sulfonamides is 1. The average molecular weight is 406 g/mol. The molecule has 1 aliphatic rings. The minimum absolute atomic E-state index is 0.211. The molecule has 27 heavy (non-hydrogen) atoms. The van der Waals surface area contributed by atoms with Gasteiger partial charge >= 0.3 is 0 Å². The van der Waals surface area contributed by atoms with E-state index in [2.05, 4.69) is 15.4 Å². The smallest absolute Gasteiger partial charge is 0.261 e. The second kappa shape index (κ2) is 8.69. The molecule has 0 aromatic heterocycles. The molecule has 0 bridgehead atoms. The molecule has 0 radical (unpaired) electrons. The standard InChI is InChI=1S/C19H23N3O3S2/c1-14-4-10-18(11-5-14)27(23,24)22-16-8-6-15(7-9-16)21-19(26)20-13-17-3-2-12-25-17/h4-11,17,22H,2-3,12-13H2,1H3,(H2,20,21,26)/t17-/m0/s1. The Morgan fingerprint density at radius 2 is 1.78 bits per heavy atom. The number of nitrogens with one attached hydrogen (secondary N) is 3. The van der Waals surface area contributed by atoms with Crippen molar-refractivity contribution in [2.75, 3.05) is 23.2 Å². The van der Waals surface area contributed by atoms with Gasteiger partial charge in [-0.05, 0) is 68.4 Å². The van der Waals surface area contributed by atoms with Gasteiger partial charge in [0.05, 0.1) is 11.0 Å². The van der Waals surface area contributed by atoms with Crippen LogP contribution in [0.4, 0.5) is 11.4 Å². The molecule has 0 saturated carbocycles. The van der Waals surface area contributed by atoms with Crippen LogP contribution in [0.25, 0.3) is 0 Å². The maximum atomic E-state index is 12.4. The van der Waals surface area contributed by atoms with Crippen LogP contribution in [0, 0.1) is 6.92 Å². The van der Waals surface area contributed by atoms with Crippen LogP contribution < -0.4 is 15.4 Å². The Balaban J connectivity index is 1.54. The van der Waals surface area contributed by atoms with Crippen molar-refractivity contribution in [2.45, 2.75) is 30.8 Å². The Morgan fingerprint density at radius 3 is 2.41 bits per heavy atom. The van der Waals surface area contributed by atoms with Gasteiger partial charge < -0.3 is 15.4 Å². The third kappa shape index (κ3) is 5.66. The van der Waals surface area contributed by atoms with Crippen molar-refractivity contribution in [1.82, 2.24) is 5.32 Å². The van der Waals surface area contributed by atoms with E-state index in [1.807, 2.05) is 6.92 Å². The van der Waals surface area contributed by atoms with Gasteiger partial charge in [0, 0.05) is 24.5 Å². The first kappa shape index (κ1) is 19.6. The molecule has 0 amide bonds. The average Bonchev–Trinajstić information content (AvgIpc) is 3.15. The molecule has 1 saturated heterocycles. The molecule has 0 unspecified atom stereocenters. The van der Waals surface area contributed by atoms with E-state index < -0.39 is 10.0 Å². The maximum Gasteiger partial charge on any atom is 0.261 e. The Labute approximate surface area is 165 Å². The molecule has 1 atom stereocenters. The summed E-state index contributed by atoms with van der Waals surface area (Å²) in [5.74, 6) is 0. The van der Waals surface area contributed by atoms with Crippen LogP contribution in [0.15, 0.2) is 53.4 Å². The summed E-state index contributed by atoms with van der Waals surface area (Å²) in [7, 11) is -3.61. The Kier molecular flexibility index (Phi) is 6.30. The van der Waals surface area contributed by atoms with Gasteiger partial charge in [-0.15, -0.1) is 0 Å². The van der Waals surface area contributed by atoms with Crippen molar-refractivity contribution < 1.29 is 13.2 Å². The molecule has 144 valence electrons. The van der Waals surface area contributed by atoms with Crippen LogP contribution in [0.3, 0.4) is 0 Å². The minimum atomic E-state index is -3.61. The summed E-state index contributed by atoms with van der Waals surface area (Å²) in [5, 5.41) is 6.73. The third-order valence-electron chi connectivity index (χ3n) is 4.24. The van der Waals surface area contributed by atoms with E-state index in [9.17, 15) is 8.42 Å². The van der Waals surface area contributed by atoms with E-state index in [4.69, 9.17) is 17.0 Å². The number of anilines is 2. The third-order valence-corrected chi connectivity index (χ3v) is 5.88. The van der Waals surface area contributed by atoms with Gasteiger partial charge in [-0.2, -0.15) is 0 Å². The van der Waals surface area contributed by atoms with E-state index in [-0.39, 0.29) is 11.0 Å². The fourth-order valence-electron chi connectivity index (χ4n) is 2.74. The molecule has 3 rings (SSSR count). The molecule has 0 spiro atoms. The highest BCUT2D eigenvalue weighted by Gasteiger charge is 2.16. The van der Waals surface area contributed by atoms with Crippen LogP contribution >= 0.6 is 12.2 Å². The van der Waals surface area contributed by atoms with Crippen LogP contribution in [-0.4, -0.2) is 32.8 Å². The summed E-state index contributed by atoms with van der Waals surface area (Å²) in [6, 6.07) is 13.6. The molecular formula is C19H23N3O3S2. The Hall–Kier alpha value is -2.16. The van der Waals surface area contributed by atoms with Crippen LogP contribution in [0.2, 0.25) is 0 Å². The molecule has 8 heteroatoms. The van der Waals surface area contributed by atoms with Crippen LogP contribution in [0.1, 0.15) is 18.4 Å². The first-order valence-corrected chi connectivity index (χ1v) is 10.7. The molecule has 1 heterocycles. The summed E-state index contributed by atoms with van der Waals surface area (Å²) in [6.45, 7) is 3.41. The lowest BCUT2D eigenvalue weighted by Crippen LogP contribution is -2.34. The molecule has 2 aromatic rings. The molecule has 3 N–H and O–H groups in total. The van der Waals surface area contributed by atoms with Gasteiger partial charge in [0.2, 0.25) is 0 Å². The van der Waals surface area contributed by atoms with Crippen LogP contribution in [0.5, 0.6) is 0 Å². The maximum absolute atomic E-state index is 12.4. The minimum Gasteiger partial charge on any atom is -0.376 e. The van der Waals surface area contributed by atoms with E-state index in [0.29, 0.717) is 17.3 Å². The lowest BCUT2D eigenvalue weighted by molar-refractivity contribution is 0.114. The van der Waals surface area contributed by atoms with Crippen molar-refractivity contribution >= 4 is 38.7 Å². The number of rotatable bonds is 6. The van der Waals surface area contributed by atoms with Gasteiger partial charge in [-0.1, -0.05) is 17.7 Å². The van der Waals surface area contributed by atoms with Crippen molar-refractivity contribution in [3.8, 4) is 0 Å². The van der Waals surface area contributed by atoms with E-state index in [1.165, 1.54) is 0 Å². The number of hydrogen-bond donors (Lipinski definition) is 3. The molecule has 1 fully saturated rings. The zero-order valence-corrected chi connectivity index (χ0v) is 16.7. The number of ether oxygens (including phenoxy) is 1. The number of aryl methyl sites for hydroxylation is 1. The molecule has 0 aliphatic carbocycles. The number of benzene rings is 2. The fourth-order valence-corrected chi connectivity index (χ4v) is 4.00. The SMILES string of the molecule is Cc1ccc(S(=O)(=O)Nc2ccc(NC(=S)NC[C@@H]3CCCO3)cc2)cc1. The second-order valence-corrected chi connectivity index (χ2v) is 8.56. The largest absolute Gasteiger partial charge is 0.376 e. The topological polar surface area (TPSA) is 79.5 Å². The van der Waals surface area contributed by atoms with Gasteiger partial charge in [0.1, 0.15) is 0 Å². The van der Waals surface area contributed by atoms with Crippen molar-refractivity contribution in [1.29, 1.82) is 0 Å². The fraction of sp³-hybridized carbons (Fsp3) is 0.316. The highest BCUT2D eigenvalue weighted by Crippen LogP contribution is 2.19. The lowest BCUT2D eigenvalue weighted by Gasteiger charge is -2.14. The molecular weight excluding hydrogens is 382 g/mol. The van der Waals surface area contributed by atoms with Gasteiger partial charge in [0.25, 0.3) is 10.0 Å². The molecule has 2 aromatic carbocycles. The summed E-state index contributed by atoms with van der Waals surface area (Å²) < 4.78 is 33.0. The molecule has 1 aliphatic heterocycles. The van der Waals surface area contributed by atoms with Gasteiger partial charge in [0.15, 0.2) is 5.11 Å². The first-order chi connectivity index (χ1) is 12.9. The van der Waals surface area contributed by atoms with Gasteiger partial charge in [-0.25, -0.2) is 8.42 Å². The van der Waals surface area contributed by atoms with Crippen molar-refractivity contribution in [3.05, 3.63) is 54.1 Å². The Morgan fingerprint density at radius 1 is 1.11 bits per heavy atom. The predicted molar refractivity (Wildman–Crippen MR) is 112 cm³/mol. The summed E-state index contributed by atoms with van der Waals surface area (Å²) in [4.78, 5) is 0.231. The highest BCUT2D eigenvalue weighted by atomic mass is 32.2. The monoisotopic (exact) mass is 405 g/mol.